The Morgan fingerprint density at radius 3 is 2.33 bits per heavy atom. The lowest BCUT2D eigenvalue weighted by atomic mass is 10.2. The molecule has 0 radical (unpaired) electrons. The highest BCUT2D eigenvalue weighted by Crippen LogP contribution is 2.02. The minimum Gasteiger partial charge on any atom is -0.462 e. The lowest BCUT2D eigenvalue weighted by Gasteiger charge is -2.21. The van der Waals surface area contributed by atoms with Crippen LogP contribution in [0, 0.1) is 0 Å². The van der Waals surface area contributed by atoms with Crippen molar-refractivity contribution in [1.82, 2.24) is 10.6 Å². The third-order valence-electron chi connectivity index (χ3n) is 1.75. The van der Waals surface area contributed by atoms with Crippen LogP contribution in [-0.2, 0) is 9.53 Å². The molecule has 15 heavy (non-hydrogen) atoms. The van der Waals surface area contributed by atoms with Gasteiger partial charge in [0.05, 0.1) is 6.61 Å². The minimum absolute atomic E-state index is 0.243. The summed E-state index contributed by atoms with van der Waals surface area (Å²) in [6, 6.07) is 0.281. The summed E-state index contributed by atoms with van der Waals surface area (Å²) < 4.78 is 4.55. The first-order chi connectivity index (χ1) is 6.99. The van der Waals surface area contributed by atoms with Crippen molar-refractivity contribution in [1.29, 1.82) is 0 Å². The Labute approximate surface area is 91.2 Å². The molecule has 0 aromatic rings. The van der Waals surface area contributed by atoms with Gasteiger partial charge in [-0.05, 0) is 20.8 Å². The average Bonchev–Trinajstić information content (AvgIpc) is 2.18. The minimum atomic E-state index is -0.318. The molecule has 1 heterocycles. The number of aliphatic hydroxyl groups is 1. The Balaban J connectivity index is 0.000000265. The zero-order chi connectivity index (χ0) is 11.7. The van der Waals surface area contributed by atoms with Gasteiger partial charge in [-0.25, -0.2) is 0 Å². The van der Waals surface area contributed by atoms with E-state index >= 15 is 0 Å². The second kappa shape index (κ2) is 7.62. The molecule has 0 spiro atoms. The van der Waals surface area contributed by atoms with Gasteiger partial charge in [-0.2, -0.15) is 0 Å². The maximum atomic E-state index is 9.60. The van der Waals surface area contributed by atoms with Crippen molar-refractivity contribution in [2.45, 2.75) is 32.4 Å². The predicted molar refractivity (Wildman–Crippen MR) is 58.6 cm³/mol. The van der Waals surface area contributed by atoms with Crippen LogP contribution in [0.25, 0.3) is 0 Å². The smallest absolute Gasteiger partial charge is 0.293 e. The highest BCUT2D eigenvalue weighted by atomic mass is 16.5. The van der Waals surface area contributed by atoms with Gasteiger partial charge in [-0.15, -0.1) is 0 Å². The molecule has 0 aromatic heterocycles. The molecular weight excluding hydrogens is 196 g/mol. The monoisotopic (exact) mass is 218 g/mol. The van der Waals surface area contributed by atoms with Gasteiger partial charge < -0.3 is 20.5 Å². The van der Waals surface area contributed by atoms with E-state index in [2.05, 4.69) is 15.4 Å². The van der Waals surface area contributed by atoms with Crippen LogP contribution in [0.1, 0.15) is 20.8 Å². The maximum absolute atomic E-state index is 9.60. The second-order valence-electron chi connectivity index (χ2n) is 4.36. The van der Waals surface area contributed by atoms with Crippen molar-refractivity contribution < 1.29 is 14.6 Å². The summed E-state index contributed by atoms with van der Waals surface area (Å²) in [4.78, 5) is 9.60. The number of ether oxygens (including phenoxy) is 1. The molecule has 1 saturated heterocycles. The molecule has 0 aromatic carbocycles. The molecule has 0 saturated carbocycles. The molecule has 0 unspecified atom stereocenters. The zero-order valence-electron chi connectivity index (χ0n) is 9.75. The van der Waals surface area contributed by atoms with Gasteiger partial charge in [0.15, 0.2) is 0 Å². The van der Waals surface area contributed by atoms with Crippen molar-refractivity contribution in [2.24, 2.45) is 0 Å². The summed E-state index contributed by atoms with van der Waals surface area (Å²) in [6.07, 6.45) is 0. The van der Waals surface area contributed by atoms with Crippen molar-refractivity contribution in [3.63, 3.8) is 0 Å². The van der Waals surface area contributed by atoms with E-state index in [9.17, 15) is 4.79 Å². The molecule has 1 aliphatic rings. The molecule has 5 heteroatoms. The number of rotatable bonds is 2. The van der Waals surface area contributed by atoms with Gasteiger partial charge in [0.1, 0.15) is 5.60 Å². The van der Waals surface area contributed by atoms with Crippen LogP contribution in [0.5, 0.6) is 0 Å². The summed E-state index contributed by atoms with van der Waals surface area (Å²) in [6.45, 7) is 9.06. The first-order valence-electron chi connectivity index (χ1n) is 5.16. The summed E-state index contributed by atoms with van der Waals surface area (Å²) in [5.41, 5.74) is -0.318. The van der Waals surface area contributed by atoms with E-state index in [1.165, 1.54) is 0 Å². The number of nitrogens with one attached hydrogen (secondary N) is 2. The fraction of sp³-hybridized carbons (Fsp3) is 0.900. The number of carbonyl (C=O) groups excluding carboxylic acids is 1. The average molecular weight is 218 g/mol. The van der Waals surface area contributed by atoms with E-state index in [-0.39, 0.29) is 18.2 Å². The molecule has 1 aliphatic heterocycles. The lowest BCUT2D eigenvalue weighted by molar-refractivity contribution is -0.138. The van der Waals surface area contributed by atoms with E-state index in [4.69, 9.17) is 5.11 Å². The van der Waals surface area contributed by atoms with E-state index in [0.717, 1.165) is 19.6 Å². The largest absolute Gasteiger partial charge is 0.462 e. The molecule has 0 bridgehead atoms. The van der Waals surface area contributed by atoms with Gasteiger partial charge in [-0.1, -0.05) is 0 Å². The number of carbonyl (C=O) groups is 1. The van der Waals surface area contributed by atoms with Crippen molar-refractivity contribution in [3.05, 3.63) is 0 Å². The van der Waals surface area contributed by atoms with Gasteiger partial charge in [-0.3, -0.25) is 4.79 Å². The SMILES string of the molecule is CC(C)(C)OC=O.OC[C@H]1CNCCN1. The number of hydrogen-bond donors (Lipinski definition) is 3. The molecular formula is C10H22N2O3. The Bertz CT molecular complexity index is 163. The van der Waals surface area contributed by atoms with Crippen LogP contribution >= 0.6 is 0 Å². The maximum Gasteiger partial charge on any atom is 0.293 e. The quantitative estimate of drug-likeness (QED) is 0.545. The fourth-order valence-corrected chi connectivity index (χ4v) is 0.987. The topological polar surface area (TPSA) is 70.6 Å². The summed E-state index contributed by atoms with van der Waals surface area (Å²) in [5, 5.41) is 14.9. The van der Waals surface area contributed by atoms with E-state index < -0.39 is 0 Å². The normalized spacial score (nSPS) is 21.2. The third kappa shape index (κ3) is 9.65. The molecule has 3 N–H and O–H groups in total. The first kappa shape index (κ1) is 14.3. The third-order valence-corrected chi connectivity index (χ3v) is 1.75. The van der Waals surface area contributed by atoms with Gasteiger partial charge in [0.25, 0.3) is 6.47 Å². The fourth-order valence-electron chi connectivity index (χ4n) is 0.987. The predicted octanol–water partition coefficient (Wildman–Crippen LogP) is -0.502. The van der Waals surface area contributed by atoms with Crippen molar-refractivity contribution in [3.8, 4) is 0 Å². The first-order valence-corrected chi connectivity index (χ1v) is 5.16. The summed E-state index contributed by atoms with van der Waals surface area (Å²) in [5.74, 6) is 0. The highest BCUT2D eigenvalue weighted by Gasteiger charge is 2.08. The van der Waals surface area contributed by atoms with Crippen molar-refractivity contribution >= 4 is 6.47 Å². The Morgan fingerprint density at radius 2 is 2.13 bits per heavy atom. The van der Waals surface area contributed by atoms with Crippen LogP contribution in [0.15, 0.2) is 0 Å². The lowest BCUT2D eigenvalue weighted by Crippen LogP contribution is -2.49. The van der Waals surface area contributed by atoms with E-state index in [1.807, 2.05) is 20.8 Å². The Morgan fingerprint density at radius 1 is 1.47 bits per heavy atom. The van der Waals surface area contributed by atoms with Crippen molar-refractivity contribution in [2.75, 3.05) is 26.2 Å². The summed E-state index contributed by atoms with van der Waals surface area (Å²) in [7, 11) is 0. The Hall–Kier alpha value is -0.650. The van der Waals surface area contributed by atoms with Crippen LogP contribution in [0.2, 0.25) is 0 Å². The standard InChI is InChI=1S/C5H12N2O.C5H10O2/c8-4-5-3-6-1-2-7-5;1-5(2,3)7-4-6/h5-8H,1-4H2;4H,1-3H3/t5-;/m1./s1. The van der Waals surface area contributed by atoms with Gasteiger partial charge >= 0.3 is 0 Å². The van der Waals surface area contributed by atoms with E-state index in [0.29, 0.717) is 6.47 Å². The Kier molecular flexibility index (Phi) is 7.29. The molecule has 1 rings (SSSR count). The van der Waals surface area contributed by atoms with E-state index in [1.54, 1.807) is 0 Å². The number of hydrogen-bond acceptors (Lipinski definition) is 5. The second-order valence-corrected chi connectivity index (χ2v) is 4.36. The van der Waals surface area contributed by atoms with Gasteiger partial charge in [0.2, 0.25) is 0 Å². The number of aliphatic hydroxyl groups excluding tert-OH is 1. The highest BCUT2D eigenvalue weighted by molar-refractivity contribution is 5.37. The summed E-state index contributed by atoms with van der Waals surface area (Å²) >= 11 is 0. The molecule has 1 fully saturated rings. The molecule has 0 amide bonds. The molecule has 0 aliphatic carbocycles. The van der Waals surface area contributed by atoms with Crippen LogP contribution in [0.3, 0.4) is 0 Å². The molecule has 1 atom stereocenters. The molecule has 5 nitrogen and oxygen atoms in total. The van der Waals surface area contributed by atoms with Crippen LogP contribution < -0.4 is 10.6 Å². The number of piperazine rings is 1. The van der Waals surface area contributed by atoms with Crippen LogP contribution in [-0.4, -0.2) is 49.5 Å². The van der Waals surface area contributed by atoms with Crippen LogP contribution in [0.4, 0.5) is 0 Å². The molecule has 90 valence electrons. The van der Waals surface area contributed by atoms with Gasteiger partial charge in [0, 0.05) is 25.7 Å². The zero-order valence-corrected chi connectivity index (χ0v) is 9.75.